The molecular formula is C14H15ClN6O. The van der Waals surface area contributed by atoms with Crippen molar-refractivity contribution in [3.8, 4) is 0 Å². The van der Waals surface area contributed by atoms with Gasteiger partial charge in [-0.2, -0.15) is 0 Å². The van der Waals surface area contributed by atoms with Crippen molar-refractivity contribution in [2.24, 2.45) is 0 Å². The molecule has 3 rings (SSSR count). The standard InChI is InChI=1S/C14H15ClN6O/c1-3-21(4-2)14-13(16-10-7-5-9(15)6-8-10)17-11-12(18-14)20-22-19-11/h5-8H,3-4H2,1-2H3,(H,16,17,19). The molecule has 2 aromatic heterocycles. The molecule has 0 radical (unpaired) electrons. The Morgan fingerprint density at radius 3 is 2.32 bits per heavy atom. The normalized spacial score (nSPS) is 10.9. The highest BCUT2D eigenvalue weighted by atomic mass is 35.5. The first-order valence-electron chi connectivity index (χ1n) is 6.99. The molecule has 1 aromatic carbocycles. The number of halogens is 1. The minimum Gasteiger partial charge on any atom is -0.354 e. The first kappa shape index (κ1) is 14.5. The summed E-state index contributed by atoms with van der Waals surface area (Å²) in [6, 6.07) is 7.37. The first-order valence-corrected chi connectivity index (χ1v) is 7.37. The Labute approximate surface area is 132 Å². The van der Waals surface area contributed by atoms with E-state index in [9.17, 15) is 0 Å². The first-order chi connectivity index (χ1) is 10.7. The van der Waals surface area contributed by atoms with Crippen molar-refractivity contribution in [3.63, 3.8) is 0 Å². The van der Waals surface area contributed by atoms with Gasteiger partial charge in [0.1, 0.15) is 0 Å². The number of fused-ring (bicyclic) bond motifs is 1. The van der Waals surface area contributed by atoms with Crippen LogP contribution in [-0.4, -0.2) is 33.4 Å². The fourth-order valence-corrected chi connectivity index (χ4v) is 2.25. The molecule has 0 unspecified atom stereocenters. The topological polar surface area (TPSA) is 80.0 Å². The van der Waals surface area contributed by atoms with E-state index in [1.165, 1.54) is 0 Å². The Balaban J connectivity index is 2.04. The van der Waals surface area contributed by atoms with Gasteiger partial charge in [-0.1, -0.05) is 11.6 Å². The van der Waals surface area contributed by atoms with Crippen molar-refractivity contribution in [3.05, 3.63) is 29.3 Å². The van der Waals surface area contributed by atoms with E-state index in [4.69, 9.17) is 16.2 Å². The predicted octanol–water partition coefficient (Wildman–Crippen LogP) is 3.26. The summed E-state index contributed by atoms with van der Waals surface area (Å²) < 4.78 is 4.70. The highest BCUT2D eigenvalue weighted by Gasteiger charge is 2.16. The number of nitrogens with zero attached hydrogens (tertiary/aromatic N) is 5. The summed E-state index contributed by atoms with van der Waals surface area (Å²) >= 11 is 5.91. The maximum Gasteiger partial charge on any atom is 0.245 e. The lowest BCUT2D eigenvalue weighted by atomic mass is 10.3. The fourth-order valence-electron chi connectivity index (χ4n) is 2.13. The number of hydrogen-bond donors (Lipinski definition) is 1. The lowest BCUT2D eigenvalue weighted by Crippen LogP contribution is -2.24. The molecule has 0 aliphatic heterocycles. The molecule has 0 saturated carbocycles. The second-order valence-electron chi connectivity index (χ2n) is 4.61. The van der Waals surface area contributed by atoms with Crippen LogP contribution in [0.3, 0.4) is 0 Å². The van der Waals surface area contributed by atoms with Gasteiger partial charge in [0.25, 0.3) is 0 Å². The summed E-state index contributed by atoms with van der Waals surface area (Å²) in [5, 5.41) is 11.4. The van der Waals surface area contributed by atoms with Crippen molar-refractivity contribution >= 4 is 40.2 Å². The van der Waals surface area contributed by atoms with Crippen LogP contribution in [0, 0.1) is 0 Å². The van der Waals surface area contributed by atoms with E-state index < -0.39 is 0 Å². The summed E-state index contributed by atoms with van der Waals surface area (Å²) in [6.45, 7) is 5.72. The molecule has 2 heterocycles. The SMILES string of the molecule is CCN(CC)c1nc2nonc2nc1Nc1ccc(Cl)cc1. The van der Waals surface area contributed by atoms with Crippen molar-refractivity contribution in [1.29, 1.82) is 0 Å². The molecule has 7 nitrogen and oxygen atoms in total. The molecule has 0 bridgehead atoms. The van der Waals surface area contributed by atoms with E-state index in [0.29, 0.717) is 28.0 Å². The van der Waals surface area contributed by atoms with Gasteiger partial charge in [-0.25, -0.2) is 14.6 Å². The van der Waals surface area contributed by atoms with Gasteiger partial charge in [-0.15, -0.1) is 0 Å². The largest absolute Gasteiger partial charge is 0.354 e. The molecule has 0 amide bonds. The van der Waals surface area contributed by atoms with E-state index in [1.54, 1.807) is 0 Å². The maximum absolute atomic E-state index is 5.91. The van der Waals surface area contributed by atoms with Crippen molar-refractivity contribution in [2.45, 2.75) is 13.8 Å². The summed E-state index contributed by atoms with van der Waals surface area (Å²) in [4.78, 5) is 11.0. The minimum absolute atomic E-state index is 0.368. The average molecular weight is 319 g/mol. The number of rotatable bonds is 5. The van der Waals surface area contributed by atoms with Crippen molar-refractivity contribution in [2.75, 3.05) is 23.3 Å². The molecule has 0 atom stereocenters. The van der Waals surface area contributed by atoms with Crippen LogP contribution in [0.1, 0.15) is 13.8 Å². The molecular weight excluding hydrogens is 304 g/mol. The molecule has 0 spiro atoms. The lowest BCUT2D eigenvalue weighted by Gasteiger charge is -2.22. The predicted molar refractivity (Wildman–Crippen MR) is 85.7 cm³/mol. The fraction of sp³-hybridized carbons (Fsp3) is 0.286. The van der Waals surface area contributed by atoms with Crippen LogP contribution < -0.4 is 10.2 Å². The summed E-state index contributed by atoms with van der Waals surface area (Å²) in [5.74, 6) is 1.32. The quantitative estimate of drug-likeness (QED) is 0.773. The molecule has 0 aliphatic carbocycles. The molecule has 22 heavy (non-hydrogen) atoms. The van der Waals surface area contributed by atoms with Crippen LogP contribution in [0.4, 0.5) is 17.3 Å². The van der Waals surface area contributed by atoms with Gasteiger partial charge in [0.15, 0.2) is 11.6 Å². The molecule has 0 fully saturated rings. The Morgan fingerprint density at radius 1 is 1.05 bits per heavy atom. The van der Waals surface area contributed by atoms with Gasteiger partial charge in [-0.05, 0) is 48.4 Å². The Bertz CT molecular complexity index is 769. The van der Waals surface area contributed by atoms with Crippen LogP contribution in [0.2, 0.25) is 5.02 Å². The van der Waals surface area contributed by atoms with Crippen LogP contribution in [0.25, 0.3) is 11.3 Å². The van der Waals surface area contributed by atoms with E-state index in [0.717, 1.165) is 18.8 Å². The monoisotopic (exact) mass is 318 g/mol. The van der Waals surface area contributed by atoms with Gasteiger partial charge in [0.05, 0.1) is 0 Å². The maximum atomic E-state index is 5.91. The van der Waals surface area contributed by atoms with E-state index in [-0.39, 0.29) is 0 Å². The highest BCUT2D eigenvalue weighted by Crippen LogP contribution is 2.27. The highest BCUT2D eigenvalue weighted by molar-refractivity contribution is 6.30. The molecule has 0 aliphatic rings. The molecule has 8 heteroatoms. The molecule has 0 saturated heterocycles. The van der Waals surface area contributed by atoms with Gasteiger partial charge >= 0.3 is 0 Å². The zero-order chi connectivity index (χ0) is 15.5. The zero-order valence-electron chi connectivity index (χ0n) is 12.2. The Hall–Kier alpha value is -2.41. The second-order valence-corrected chi connectivity index (χ2v) is 5.05. The van der Waals surface area contributed by atoms with Crippen LogP contribution in [-0.2, 0) is 0 Å². The number of nitrogens with one attached hydrogen (secondary N) is 1. The Morgan fingerprint density at radius 2 is 1.68 bits per heavy atom. The van der Waals surface area contributed by atoms with Gasteiger partial charge < -0.3 is 10.2 Å². The molecule has 1 N–H and O–H groups in total. The van der Waals surface area contributed by atoms with E-state index in [2.05, 4.69) is 44.3 Å². The van der Waals surface area contributed by atoms with Crippen LogP contribution >= 0.6 is 11.6 Å². The number of benzene rings is 1. The van der Waals surface area contributed by atoms with E-state index >= 15 is 0 Å². The average Bonchev–Trinajstić information content (AvgIpc) is 2.98. The zero-order valence-corrected chi connectivity index (χ0v) is 13.0. The third-order valence-electron chi connectivity index (χ3n) is 3.27. The lowest BCUT2D eigenvalue weighted by molar-refractivity contribution is 0.314. The Kier molecular flexibility index (Phi) is 4.06. The summed E-state index contributed by atoms with van der Waals surface area (Å²) in [7, 11) is 0. The number of anilines is 3. The van der Waals surface area contributed by atoms with Crippen molar-refractivity contribution < 1.29 is 4.63 Å². The van der Waals surface area contributed by atoms with Crippen LogP contribution in [0.15, 0.2) is 28.9 Å². The number of aromatic nitrogens is 4. The second kappa shape index (κ2) is 6.15. The smallest absolute Gasteiger partial charge is 0.245 e. The summed E-state index contributed by atoms with van der Waals surface area (Å²) in [5.41, 5.74) is 1.62. The summed E-state index contributed by atoms with van der Waals surface area (Å²) in [6.07, 6.45) is 0. The van der Waals surface area contributed by atoms with Crippen molar-refractivity contribution in [1.82, 2.24) is 20.3 Å². The minimum atomic E-state index is 0.368. The third-order valence-corrected chi connectivity index (χ3v) is 3.52. The van der Waals surface area contributed by atoms with Crippen LogP contribution in [0.5, 0.6) is 0 Å². The van der Waals surface area contributed by atoms with Gasteiger partial charge in [0, 0.05) is 23.8 Å². The molecule has 114 valence electrons. The van der Waals surface area contributed by atoms with Gasteiger partial charge in [0.2, 0.25) is 11.3 Å². The third kappa shape index (κ3) is 2.80. The van der Waals surface area contributed by atoms with Gasteiger partial charge in [-0.3, -0.25) is 0 Å². The molecule has 3 aromatic rings. The van der Waals surface area contributed by atoms with E-state index in [1.807, 2.05) is 24.3 Å². The number of hydrogen-bond acceptors (Lipinski definition) is 7.